The van der Waals surface area contributed by atoms with E-state index in [1.807, 2.05) is 24.3 Å². The van der Waals surface area contributed by atoms with Gasteiger partial charge in [-0.2, -0.15) is 8.78 Å². The summed E-state index contributed by atoms with van der Waals surface area (Å²) in [6.07, 6.45) is -0.266. The molecule has 0 radical (unpaired) electrons. The lowest BCUT2D eigenvalue weighted by Gasteiger charge is -2.25. The molecule has 0 spiro atoms. The molecule has 3 atom stereocenters. The number of likely N-dealkylation sites (tertiary alicyclic amines) is 1. The largest absolute Gasteiger partial charge is 0.457 e. The first-order chi connectivity index (χ1) is 20.5. The van der Waals surface area contributed by atoms with Gasteiger partial charge in [0.1, 0.15) is 23.4 Å². The number of halogens is 2. The van der Waals surface area contributed by atoms with Crippen molar-refractivity contribution in [3.8, 4) is 11.5 Å². The summed E-state index contributed by atoms with van der Waals surface area (Å²) in [5, 5.41) is 14.6. The number of nitrogens with zero attached hydrogens (tertiary/aromatic N) is 1. The number of aryl methyl sites for hydroxylation is 1. The molecule has 1 fully saturated rings. The van der Waals surface area contributed by atoms with Gasteiger partial charge in [0.05, 0.1) is 18.7 Å². The summed E-state index contributed by atoms with van der Waals surface area (Å²) in [5.41, 5.74) is 7.50. The van der Waals surface area contributed by atoms with Crippen LogP contribution in [0.2, 0.25) is 0 Å². The van der Waals surface area contributed by atoms with Crippen molar-refractivity contribution >= 4 is 34.9 Å². The highest BCUT2D eigenvalue weighted by molar-refractivity contribution is 7.10. The van der Waals surface area contributed by atoms with Crippen LogP contribution < -0.4 is 21.1 Å². The van der Waals surface area contributed by atoms with Gasteiger partial charge in [0.15, 0.2) is 0 Å². The van der Waals surface area contributed by atoms with Crippen molar-refractivity contribution in [3.63, 3.8) is 0 Å². The van der Waals surface area contributed by atoms with Crippen LogP contribution in [0, 0.1) is 5.41 Å². The molecule has 228 valence electrons. The van der Waals surface area contributed by atoms with E-state index < -0.39 is 49.1 Å². The zero-order valence-electron chi connectivity index (χ0n) is 23.6. The first kappa shape index (κ1) is 31.6. The van der Waals surface area contributed by atoms with Crippen LogP contribution >= 0.6 is 11.3 Å². The standard InChI is InChI=1S/C30H33F2N5O5S/c1-3-18-4-8-21(9-5-18)41-22-10-6-19(7-11-22)28(39)35-14-26(38)37-15-23(42-30(31)32)13-24(37)29(40)36-17(2)25-12-20(16-43-25)27(33)34/h4-12,16-17,23-24,30H,3,13-15H2,1-2H3,(H3,33,34)(H,35,39)(H,36,40)/t17?,23-,24+/m1/s1. The molecule has 1 saturated heterocycles. The van der Waals surface area contributed by atoms with Crippen LogP contribution in [0.3, 0.4) is 0 Å². The first-order valence-corrected chi connectivity index (χ1v) is 14.5. The Morgan fingerprint density at radius 2 is 1.74 bits per heavy atom. The number of amidine groups is 1. The Kier molecular flexibility index (Phi) is 10.4. The van der Waals surface area contributed by atoms with Gasteiger partial charge >= 0.3 is 6.61 Å². The Morgan fingerprint density at radius 3 is 2.33 bits per heavy atom. The molecule has 1 aliphatic heterocycles. The molecule has 5 N–H and O–H groups in total. The third-order valence-electron chi connectivity index (χ3n) is 6.98. The van der Waals surface area contributed by atoms with Crippen molar-refractivity contribution in [1.82, 2.24) is 15.5 Å². The van der Waals surface area contributed by atoms with Crippen LogP contribution in [0.25, 0.3) is 0 Å². The lowest BCUT2D eigenvalue weighted by atomic mass is 10.1. The Bertz CT molecular complexity index is 1450. The number of hydrogen-bond acceptors (Lipinski definition) is 7. The number of ether oxygens (including phenoxy) is 2. The molecule has 43 heavy (non-hydrogen) atoms. The minimum atomic E-state index is -3.07. The molecule has 2 aromatic carbocycles. The van der Waals surface area contributed by atoms with Gasteiger partial charge in [-0.3, -0.25) is 19.8 Å². The van der Waals surface area contributed by atoms with E-state index in [2.05, 4.69) is 22.3 Å². The number of nitrogen functional groups attached to an aromatic ring is 1. The monoisotopic (exact) mass is 613 g/mol. The van der Waals surface area contributed by atoms with Crippen LogP contribution in [0.5, 0.6) is 11.5 Å². The number of thiophene rings is 1. The van der Waals surface area contributed by atoms with E-state index in [4.69, 9.17) is 15.9 Å². The number of hydrogen-bond donors (Lipinski definition) is 4. The summed E-state index contributed by atoms with van der Waals surface area (Å²) >= 11 is 1.30. The second-order valence-corrected chi connectivity index (χ2v) is 10.9. The van der Waals surface area contributed by atoms with E-state index in [-0.39, 0.29) is 24.4 Å². The predicted molar refractivity (Wildman–Crippen MR) is 158 cm³/mol. The molecule has 3 aromatic rings. The van der Waals surface area contributed by atoms with E-state index >= 15 is 0 Å². The molecule has 0 saturated carbocycles. The summed E-state index contributed by atoms with van der Waals surface area (Å²) in [4.78, 5) is 40.9. The average molecular weight is 614 g/mol. The van der Waals surface area contributed by atoms with E-state index in [1.165, 1.54) is 16.9 Å². The Hall–Kier alpha value is -4.36. The number of nitrogens with two attached hydrogens (primary N) is 1. The predicted octanol–water partition coefficient (Wildman–Crippen LogP) is 4.20. The molecule has 1 unspecified atom stereocenters. The summed E-state index contributed by atoms with van der Waals surface area (Å²) < 4.78 is 36.3. The van der Waals surface area contributed by atoms with Gasteiger partial charge in [-0.05, 0) is 61.4 Å². The average Bonchev–Trinajstić information content (AvgIpc) is 3.65. The zero-order chi connectivity index (χ0) is 31.1. The number of nitrogens with one attached hydrogen (secondary N) is 3. The Labute approximate surface area is 251 Å². The topological polar surface area (TPSA) is 147 Å². The van der Waals surface area contributed by atoms with Gasteiger partial charge in [0.2, 0.25) is 11.8 Å². The molecule has 13 heteroatoms. The molecular formula is C30H33F2N5O5S. The second-order valence-electron chi connectivity index (χ2n) is 10.0. The highest BCUT2D eigenvalue weighted by Crippen LogP contribution is 2.26. The molecule has 10 nitrogen and oxygen atoms in total. The number of carbonyl (C=O) groups is 3. The fourth-order valence-corrected chi connectivity index (χ4v) is 5.55. The normalized spacial score (nSPS) is 17.0. The highest BCUT2D eigenvalue weighted by Gasteiger charge is 2.41. The van der Waals surface area contributed by atoms with E-state index in [0.717, 1.165) is 16.2 Å². The number of alkyl halides is 2. The van der Waals surface area contributed by atoms with E-state index in [0.29, 0.717) is 17.1 Å². The fourth-order valence-electron chi connectivity index (χ4n) is 4.63. The highest BCUT2D eigenvalue weighted by atomic mass is 32.1. The maximum atomic E-state index is 13.2. The number of benzene rings is 2. The third kappa shape index (κ3) is 8.36. The molecule has 0 aliphatic carbocycles. The van der Waals surface area contributed by atoms with Crippen molar-refractivity contribution < 1.29 is 32.6 Å². The van der Waals surface area contributed by atoms with Crippen molar-refractivity contribution in [3.05, 3.63) is 81.5 Å². The van der Waals surface area contributed by atoms with Crippen LogP contribution in [0.1, 0.15) is 52.7 Å². The maximum Gasteiger partial charge on any atom is 0.345 e. The number of rotatable bonds is 12. The van der Waals surface area contributed by atoms with Crippen LogP contribution in [0.15, 0.2) is 60.0 Å². The minimum Gasteiger partial charge on any atom is -0.457 e. The lowest BCUT2D eigenvalue weighted by molar-refractivity contribution is -0.160. The maximum absolute atomic E-state index is 13.2. The van der Waals surface area contributed by atoms with Crippen molar-refractivity contribution in [1.29, 1.82) is 5.41 Å². The van der Waals surface area contributed by atoms with Crippen molar-refractivity contribution in [2.24, 2.45) is 5.73 Å². The van der Waals surface area contributed by atoms with Gasteiger partial charge < -0.3 is 30.7 Å². The number of amides is 3. The third-order valence-corrected chi connectivity index (χ3v) is 8.10. The second kappa shape index (κ2) is 14.2. The minimum absolute atomic E-state index is 0.107. The molecule has 3 amide bonds. The smallest absolute Gasteiger partial charge is 0.345 e. The molecular weight excluding hydrogens is 580 g/mol. The van der Waals surface area contributed by atoms with Crippen molar-refractivity contribution in [2.45, 2.75) is 51.5 Å². The molecule has 4 rings (SSSR count). The Morgan fingerprint density at radius 1 is 1.09 bits per heavy atom. The van der Waals surface area contributed by atoms with E-state index in [1.54, 1.807) is 42.6 Å². The molecule has 1 aliphatic rings. The Balaban J connectivity index is 1.35. The first-order valence-electron chi connectivity index (χ1n) is 13.6. The molecule has 1 aromatic heterocycles. The SMILES string of the molecule is CCc1ccc(Oc2ccc(C(=O)NCC(=O)N3C[C@H](OC(F)F)C[C@H]3C(=O)NC(C)c3cc(C(=N)N)cs3)cc2)cc1. The fraction of sp³-hybridized carbons (Fsp3) is 0.333. The quantitative estimate of drug-likeness (QED) is 0.178. The van der Waals surface area contributed by atoms with Gasteiger partial charge in [0.25, 0.3) is 5.91 Å². The zero-order valence-corrected chi connectivity index (χ0v) is 24.5. The summed E-state index contributed by atoms with van der Waals surface area (Å²) in [5.74, 6) is -0.617. The van der Waals surface area contributed by atoms with Gasteiger partial charge in [-0.25, -0.2) is 0 Å². The summed E-state index contributed by atoms with van der Waals surface area (Å²) in [7, 11) is 0. The number of carbonyl (C=O) groups excluding carboxylic acids is 3. The molecule has 2 heterocycles. The summed E-state index contributed by atoms with van der Waals surface area (Å²) in [6, 6.07) is 14.1. The van der Waals surface area contributed by atoms with Gasteiger partial charge in [0, 0.05) is 34.3 Å². The van der Waals surface area contributed by atoms with Gasteiger partial charge in [-0.15, -0.1) is 11.3 Å². The van der Waals surface area contributed by atoms with Crippen LogP contribution in [0.4, 0.5) is 8.78 Å². The van der Waals surface area contributed by atoms with Crippen LogP contribution in [-0.2, 0) is 20.7 Å². The summed E-state index contributed by atoms with van der Waals surface area (Å²) in [6.45, 7) is 0.0352. The molecule has 0 bridgehead atoms. The van der Waals surface area contributed by atoms with Gasteiger partial charge in [-0.1, -0.05) is 19.1 Å². The lowest BCUT2D eigenvalue weighted by Crippen LogP contribution is -2.49. The van der Waals surface area contributed by atoms with E-state index in [9.17, 15) is 23.2 Å². The van der Waals surface area contributed by atoms with Crippen LogP contribution in [-0.4, -0.2) is 60.3 Å². The van der Waals surface area contributed by atoms with Crippen molar-refractivity contribution in [2.75, 3.05) is 13.1 Å².